The van der Waals surface area contributed by atoms with E-state index in [9.17, 15) is 14.4 Å². The average molecular weight is 379 g/mol. The van der Waals surface area contributed by atoms with Crippen molar-refractivity contribution < 1.29 is 23.9 Å². The van der Waals surface area contributed by atoms with E-state index >= 15 is 0 Å². The van der Waals surface area contributed by atoms with Crippen molar-refractivity contribution in [1.29, 1.82) is 0 Å². The number of para-hydroxylation sites is 2. The molecule has 144 valence electrons. The van der Waals surface area contributed by atoms with Gasteiger partial charge in [-0.15, -0.1) is 0 Å². The molecule has 0 bridgehead atoms. The Balaban J connectivity index is 1.61. The molecule has 6 heteroatoms. The first-order valence-electron chi connectivity index (χ1n) is 9.47. The van der Waals surface area contributed by atoms with Gasteiger partial charge >= 0.3 is 5.97 Å². The standard InChI is InChI=1S/C22H21NO5/c1-27-19-10-6-5-9-18(19)23-20(24)16-12-11-14(13-17(16)21(23)25)22(26)28-15-7-3-2-4-8-15/h5-6,9-13,15H,2-4,7-8H2,1H3. The molecule has 1 aliphatic heterocycles. The first kappa shape index (κ1) is 18.2. The minimum absolute atomic E-state index is 0.0723. The summed E-state index contributed by atoms with van der Waals surface area (Å²) in [4.78, 5) is 39.3. The summed E-state index contributed by atoms with van der Waals surface area (Å²) in [5.74, 6) is -0.937. The van der Waals surface area contributed by atoms with E-state index in [1.54, 1.807) is 30.3 Å². The number of benzene rings is 2. The zero-order valence-corrected chi connectivity index (χ0v) is 15.6. The number of rotatable bonds is 4. The quantitative estimate of drug-likeness (QED) is 0.593. The molecule has 0 N–H and O–H groups in total. The number of imide groups is 1. The van der Waals surface area contributed by atoms with Crippen molar-refractivity contribution in [3.8, 4) is 5.75 Å². The van der Waals surface area contributed by atoms with Gasteiger partial charge in [-0.2, -0.15) is 0 Å². The Bertz CT molecular complexity index is 946. The first-order chi connectivity index (χ1) is 13.6. The largest absolute Gasteiger partial charge is 0.495 e. The van der Waals surface area contributed by atoms with Gasteiger partial charge in [-0.25, -0.2) is 9.69 Å². The summed E-state index contributed by atoms with van der Waals surface area (Å²) in [6, 6.07) is 11.3. The van der Waals surface area contributed by atoms with Gasteiger partial charge in [0, 0.05) is 0 Å². The second kappa shape index (κ2) is 7.46. The van der Waals surface area contributed by atoms with Gasteiger partial charge in [-0.1, -0.05) is 18.6 Å². The molecule has 2 aromatic rings. The monoisotopic (exact) mass is 379 g/mol. The maximum atomic E-state index is 12.9. The molecule has 0 saturated heterocycles. The van der Waals surface area contributed by atoms with Crippen LogP contribution in [-0.4, -0.2) is 31.0 Å². The Labute approximate surface area is 163 Å². The summed E-state index contributed by atoms with van der Waals surface area (Å²) in [5, 5.41) is 0. The molecule has 0 unspecified atom stereocenters. The third-order valence-corrected chi connectivity index (χ3v) is 5.27. The van der Waals surface area contributed by atoms with Crippen LogP contribution in [0.1, 0.15) is 63.2 Å². The lowest BCUT2D eigenvalue weighted by atomic mass is 9.97. The maximum Gasteiger partial charge on any atom is 0.338 e. The fourth-order valence-corrected chi connectivity index (χ4v) is 3.80. The van der Waals surface area contributed by atoms with E-state index in [1.165, 1.54) is 25.7 Å². The highest BCUT2D eigenvalue weighted by atomic mass is 16.5. The van der Waals surface area contributed by atoms with Crippen molar-refractivity contribution in [2.75, 3.05) is 12.0 Å². The van der Waals surface area contributed by atoms with Crippen molar-refractivity contribution >= 4 is 23.5 Å². The van der Waals surface area contributed by atoms with Crippen LogP contribution in [0.2, 0.25) is 0 Å². The molecule has 1 heterocycles. The van der Waals surface area contributed by atoms with Crippen LogP contribution in [0.25, 0.3) is 0 Å². The molecular formula is C22H21NO5. The zero-order valence-electron chi connectivity index (χ0n) is 15.6. The summed E-state index contributed by atoms with van der Waals surface area (Å²) < 4.78 is 10.9. The predicted molar refractivity (Wildman–Crippen MR) is 103 cm³/mol. The fraction of sp³-hybridized carbons (Fsp3) is 0.318. The van der Waals surface area contributed by atoms with E-state index in [2.05, 4.69) is 0 Å². The molecule has 1 aliphatic carbocycles. The Morgan fingerprint density at radius 1 is 0.964 bits per heavy atom. The molecule has 28 heavy (non-hydrogen) atoms. The van der Waals surface area contributed by atoms with Gasteiger partial charge in [0.25, 0.3) is 11.8 Å². The average Bonchev–Trinajstić information content (AvgIpc) is 2.98. The third-order valence-electron chi connectivity index (χ3n) is 5.27. The lowest BCUT2D eigenvalue weighted by Gasteiger charge is -2.21. The molecule has 6 nitrogen and oxygen atoms in total. The highest BCUT2D eigenvalue weighted by Gasteiger charge is 2.38. The smallest absolute Gasteiger partial charge is 0.338 e. The molecule has 2 amide bonds. The number of hydrogen-bond acceptors (Lipinski definition) is 5. The molecule has 2 aliphatic rings. The number of fused-ring (bicyclic) bond motifs is 1. The maximum absolute atomic E-state index is 12.9. The summed E-state index contributed by atoms with van der Waals surface area (Å²) in [7, 11) is 1.48. The van der Waals surface area contributed by atoms with Crippen LogP contribution >= 0.6 is 0 Å². The molecule has 0 spiro atoms. The van der Waals surface area contributed by atoms with Crippen molar-refractivity contribution in [2.45, 2.75) is 38.2 Å². The number of methoxy groups -OCH3 is 1. The van der Waals surface area contributed by atoms with Crippen molar-refractivity contribution in [3.05, 3.63) is 59.2 Å². The van der Waals surface area contributed by atoms with Crippen molar-refractivity contribution in [1.82, 2.24) is 0 Å². The van der Waals surface area contributed by atoms with Crippen LogP contribution in [0.15, 0.2) is 42.5 Å². The highest BCUT2D eigenvalue weighted by molar-refractivity contribution is 6.35. The number of carbonyl (C=O) groups is 3. The van der Waals surface area contributed by atoms with Crippen LogP contribution in [0.3, 0.4) is 0 Å². The topological polar surface area (TPSA) is 72.9 Å². The minimum atomic E-state index is -0.475. The lowest BCUT2D eigenvalue weighted by Crippen LogP contribution is -2.29. The number of carbonyl (C=O) groups excluding carboxylic acids is 3. The van der Waals surface area contributed by atoms with E-state index in [0.29, 0.717) is 11.4 Å². The van der Waals surface area contributed by atoms with Gasteiger partial charge in [-0.3, -0.25) is 9.59 Å². The number of amides is 2. The minimum Gasteiger partial charge on any atom is -0.495 e. The van der Waals surface area contributed by atoms with Crippen molar-refractivity contribution in [2.24, 2.45) is 0 Å². The first-order valence-corrected chi connectivity index (χ1v) is 9.47. The number of hydrogen-bond donors (Lipinski definition) is 0. The molecule has 0 aromatic heterocycles. The normalized spacial score (nSPS) is 16.8. The highest BCUT2D eigenvalue weighted by Crippen LogP contribution is 2.35. The van der Waals surface area contributed by atoms with E-state index in [0.717, 1.165) is 30.6 Å². The van der Waals surface area contributed by atoms with Crippen LogP contribution in [0.5, 0.6) is 5.75 Å². The van der Waals surface area contributed by atoms with E-state index < -0.39 is 17.8 Å². The second-order valence-corrected chi connectivity index (χ2v) is 7.04. The van der Waals surface area contributed by atoms with Gasteiger partial charge < -0.3 is 9.47 Å². The number of ether oxygens (including phenoxy) is 2. The number of esters is 1. The molecule has 1 saturated carbocycles. The number of nitrogens with zero attached hydrogens (tertiary/aromatic N) is 1. The predicted octanol–water partition coefficient (Wildman–Crippen LogP) is 3.99. The van der Waals surface area contributed by atoms with Gasteiger partial charge in [0.05, 0.1) is 29.5 Å². The third kappa shape index (κ3) is 3.15. The van der Waals surface area contributed by atoms with Crippen LogP contribution in [-0.2, 0) is 4.74 Å². The zero-order chi connectivity index (χ0) is 19.7. The Morgan fingerprint density at radius 3 is 2.43 bits per heavy atom. The van der Waals surface area contributed by atoms with E-state index in [-0.39, 0.29) is 22.8 Å². The molecule has 4 rings (SSSR count). The van der Waals surface area contributed by atoms with Crippen LogP contribution in [0.4, 0.5) is 5.69 Å². The van der Waals surface area contributed by atoms with Gasteiger partial charge in [0.2, 0.25) is 0 Å². The van der Waals surface area contributed by atoms with E-state index in [4.69, 9.17) is 9.47 Å². The Morgan fingerprint density at radius 2 is 1.68 bits per heavy atom. The van der Waals surface area contributed by atoms with Crippen LogP contribution in [0, 0.1) is 0 Å². The second-order valence-electron chi connectivity index (χ2n) is 7.04. The van der Waals surface area contributed by atoms with Gasteiger partial charge in [-0.05, 0) is 56.0 Å². The molecule has 0 radical (unpaired) electrons. The molecular weight excluding hydrogens is 358 g/mol. The summed E-state index contributed by atoms with van der Waals surface area (Å²) in [6.07, 6.45) is 4.96. The summed E-state index contributed by atoms with van der Waals surface area (Å²) in [6.45, 7) is 0. The van der Waals surface area contributed by atoms with Gasteiger partial charge in [0.15, 0.2) is 0 Å². The Hall–Kier alpha value is -3.15. The fourth-order valence-electron chi connectivity index (χ4n) is 3.80. The van der Waals surface area contributed by atoms with Gasteiger partial charge in [0.1, 0.15) is 11.9 Å². The van der Waals surface area contributed by atoms with E-state index in [1.807, 2.05) is 0 Å². The lowest BCUT2D eigenvalue weighted by molar-refractivity contribution is 0.0211. The van der Waals surface area contributed by atoms with Crippen molar-refractivity contribution in [3.63, 3.8) is 0 Å². The summed E-state index contributed by atoms with van der Waals surface area (Å²) >= 11 is 0. The molecule has 2 aromatic carbocycles. The SMILES string of the molecule is COc1ccccc1N1C(=O)c2ccc(C(=O)OC3CCCCC3)cc2C1=O. The van der Waals surface area contributed by atoms with Crippen LogP contribution < -0.4 is 9.64 Å². The summed E-state index contributed by atoms with van der Waals surface area (Å²) in [5.41, 5.74) is 1.13. The molecule has 1 fully saturated rings. The molecule has 0 atom stereocenters. The Kier molecular flexibility index (Phi) is 4.86. The number of anilines is 1.